The Morgan fingerprint density at radius 1 is 1.06 bits per heavy atom. The molecule has 3 rings (SSSR count). The molecular weight excluding hydrogens is 453 g/mol. The Balaban J connectivity index is 1.65. The zero-order chi connectivity index (χ0) is 24.9. The zero-order valence-corrected chi connectivity index (χ0v) is 18.5. The van der Waals surface area contributed by atoms with Crippen LogP contribution in [-0.2, 0) is 14.3 Å². The van der Waals surface area contributed by atoms with Gasteiger partial charge in [-0.2, -0.15) is 13.2 Å². The molecule has 34 heavy (non-hydrogen) atoms. The van der Waals surface area contributed by atoms with Gasteiger partial charge >= 0.3 is 18.2 Å². The second-order valence-corrected chi connectivity index (χ2v) is 7.95. The fourth-order valence-electron chi connectivity index (χ4n) is 4.10. The van der Waals surface area contributed by atoms with Gasteiger partial charge in [0, 0.05) is 19.0 Å². The summed E-state index contributed by atoms with van der Waals surface area (Å²) in [5, 5.41) is 10.9. The van der Waals surface area contributed by atoms with E-state index in [4.69, 9.17) is 9.84 Å². The molecular formula is C24H25F3N2O5. The number of carboxylic acid groups (broad SMARTS) is 1. The van der Waals surface area contributed by atoms with Crippen LogP contribution in [0.15, 0.2) is 48.5 Å². The molecule has 1 atom stereocenters. The largest absolute Gasteiger partial charge is 0.480 e. The molecule has 0 aromatic heterocycles. The maximum atomic E-state index is 13.5. The highest BCUT2D eigenvalue weighted by Gasteiger charge is 2.47. The molecule has 2 aromatic carbocycles. The van der Waals surface area contributed by atoms with E-state index in [1.54, 1.807) is 6.92 Å². The highest BCUT2D eigenvalue weighted by molar-refractivity contribution is 5.84. The number of ether oxygens (including phenoxy) is 1. The summed E-state index contributed by atoms with van der Waals surface area (Å²) < 4.78 is 45.8. The third kappa shape index (κ3) is 5.67. The average molecular weight is 478 g/mol. The molecule has 7 nitrogen and oxygen atoms in total. The van der Waals surface area contributed by atoms with Crippen molar-refractivity contribution in [2.45, 2.75) is 25.4 Å². The van der Waals surface area contributed by atoms with Gasteiger partial charge < -0.3 is 20.1 Å². The quantitative estimate of drug-likeness (QED) is 0.568. The lowest BCUT2D eigenvalue weighted by Gasteiger charge is -2.27. The lowest BCUT2D eigenvalue weighted by molar-refractivity contribution is -0.188. The standard InChI is InChI=1S/C24H25F3N2O5/c1-2-11-29(13-21(30)31)22(32)20(24(25,26)27)12-28-23(33)34-14-19-17-9-5-3-7-15(17)16-8-4-6-10-18(16)19/h3-10,19-20H,2,11-14H2,1H3,(H,28,33)(H,30,31). The highest BCUT2D eigenvalue weighted by Crippen LogP contribution is 2.44. The molecule has 1 aliphatic carbocycles. The molecule has 0 heterocycles. The molecule has 2 N–H and O–H groups in total. The van der Waals surface area contributed by atoms with Crippen molar-refractivity contribution in [2.75, 3.05) is 26.2 Å². The van der Waals surface area contributed by atoms with Gasteiger partial charge in [0.15, 0.2) is 5.92 Å². The van der Waals surface area contributed by atoms with Crippen LogP contribution < -0.4 is 5.32 Å². The number of hydrogen-bond donors (Lipinski definition) is 2. The maximum absolute atomic E-state index is 13.5. The number of nitrogens with one attached hydrogen (secondary N) is 1. The predicted molar refractivity (Wildman–Crippen MR) is 117 cm³/mol. The molecule has 0 radical (unpaired) electrons. The Morgan fingerprint density at radius 3 is 2.12 bits per heavy atom. The summed E-state index contributed by atoms with van der Waals surface area (Å²) in [6, 6.07) is 15.2. The number of carbonyl (C=O) groups excluding carboxylic acids is 2. The number of fused-ring (bicyclic) bond motifs is 3. The summed E-state index contributed by atoms with van der Waals surface area (Å²) in [5.41, 5.74) is 3.90. The lowest BCUT2D eigenvalue weighted by Crippen LogP contribution is -2.49. The second-order valence-electron chi connectivity index (χ2n) is 7.95. The van der Waals surface area contributed by atoms with E-state index in [0.717, 1.165) is 22.3 Å². The average Bonchev–Trinajstić information content (AvgIpc) is 3.10. The Hall–Kier alpha value is -3.56. The zero-order valence-electron chi connectivity index (χ0n) is 18.5. The van der Waals surface area contributed by atoms with E-state index in [-0.39, 0.29) is 25.5 Å². The summed E-state index contributed by atoms with van der Waals surface area (Å²) in [6.45, 7) is -0.545. The van der Waals surface area contributed by atoms with Gasteiger partial charge in [0.05, 0.1) is 0 Å². The monoisotopic (exact) mass is 478 g/mol. The molecule has 0 bridgehead atoms. The van der Waals surface area contributed by atoms with Crippen molar-refractivity contribution in [3.63, 3.8) is 0 Å². The molecule has 182 valence electrons. The summed E-state index contributed by atoms with van der Waals surface area (Å²) in [5.74, 6) is -5.68. The fourth-order valence-corrected chi connectivity index (χ4v) is 4.10. The van der Waals surface area contributed by atoms with Crippen LogP contribution in [0.25, 0.3) is 11.1 Å². The van der Waals surface area contributed by atoms with Crippen molar-refractivity contribution in [1.82, 2.24) is 10.2 Å². The van der Waals surface area contributed by atoms with Gasteiger partial charge in [-0.15, -0.1) is 0 Å². The van der Waals surface area contributed by atoms with Gasteiger partial charge in [-0.05, 0) is 28.7 Å². The van der Waals surface area contributed by atoms with Gasteiger partial charge in [0.25, 0.3) is 0 Å². The summed E-state index contributed by atoms with van der Waals surface area (Å²) in [7, 11) is 0. The number of benzene rings is 2. The predicted octanol–water partition coefficient (Wildman–Crippen LogP) is 4.03. The van der Waals surface area contributed by atoms with Crippen molar-refractivity contribution in [1.29, 1.82) is 0 Å². The van der Waals surface area contributed by atoms with Gasteiger partial charge in [0.2, 0.25) is 5.91 Å². The van der Waals surface area contributed by atoms with Crippen LogP contribution in [0.2, 0.25) is 0 Å². The molecule has 0 fully saturated rings. The SMILES string of the molecule is CCCN(CC(=O)O)C(=O)C(CNC(=O)OCC1c2ccccc2-c2ccccc21)C(F)(F)F. The van der Waals surface area contributed by atoms with Gasteiger partial charge in [-0.25, -0.2) is 4.79 Å². The topological polar surface area (TPSA) is 95.9 Å². The number of carboxylic acids is 1. The number of nitrogens with zero attached hydrogens (tertiary/aromatic N) is 1. The number of halogens is 3. The summed E-state index contributed by atoms with van der Waals surface area (Å²) in [4.78, 5) is 36.2. The number of carbonyl (C=O) groups is 3. The number of rotatable bonds is 9. The van der Waals surface area contributed by atoms with Crippen molar-refractivity contribution in [3.05, 3.63) is 59.7 Å². The van der Waals surface area contributed by atoms with E-state index in [1.807, 2.05) is 53.8 Å². The van der Waals surface area contributed by atoms with E-state index >= 15 is 0 Å². The molecule has 0 spiro atoms. The Kier molecular flexibility index (Phi) is 7.80. The molecule has 1 unspecified atom stereocenters. The number of hydrogen-bond acceptors (Lipinski definition) is 4. The van der Waals surface area contributed by atoms with E-state index in [9.17, 15) is 27.6 Å². The number of alkyl halides is 3. The van der Waals surface area contributed by atoms with Gasteiger partial charge in [-0.1, -0.05) is 55.5 Å². The van der Waals surface area contributed by atoms with E-state index in [0.29, 0.717) is 4.90 Å². The van der Waals surface area contributed by atoms with E-state index < -0.39 is 43.2 Å². The summed E-state index contributed by atoms with van der Waals surface area (Å²) in [6.07, 6.45) is -5.79. The first kappa shape index (κ1) is 25.1. The van der Waals surface area contributed by atoms with Crippen molar-refractivity contribution in [2.24, 2.45) is 5.92 Å². The number of amides is 2. The molecule has 0 saturated heterocycles. The molecule has 2 amide bonds. The second kappa shape index (κ2) is 10.6. The van der Waals surface area contributed by atoms with Crippen LogP contribution in [0.1, 0.15) is 30.4 Å². The molecule has 0 aliphatic heterocycles. The van der Waals surface area contributed by atoms with Crippen molar-refractivity contribution in [3.8, 4) is 11.1 Å². The molecule has 2 aromatic rings. The van der Waals surface area contributed by atoms with Crippen LogP contribution in [0, 0.1) is 5.92 Å². The molecule has 0 saturated carbocycles. The Bertz CT molecular complexity index is 1010. The van der Waals surface area contributed by atoms with Crippen LogP contribution in [-0.4, -0.2) is 60.4 Å². The summed E-state index contributed by atoms with van der Waals surface area (Å²) >= 11 is 0. The maximum Gasteiger partial charge on any atom is 0.407 e. The first-order valence-corrected chi connectivity index (χ1v) is 10.8. The van der Waals surface area contributed by atoms with Crippen molar-refractivity contribution >= 4 is 18.0 Å². The number of alkyl carbamates (subject to hydrolysis) is 1. The Morgan fingerprint density at radius 2 is 1.62 bits per heavy atom. The lowest BCUT2D eigenvalue weighted by atomic mass is 9.98. The third-order valence-corrected chi connectivity index (χ3v) is 5.62. The van der Waals surface area contributed by atoms with Crippen molar-refractivity contribution < 1.29 is 37.4 Å². The minimum atomic E-state index is -4.97. The van der Waals surface area contributed by atoms with E-state index in [1.165, 1.54) is 0 Å². The normalized spacial score (nSPS) is 13.5. The van der Waals surface area contributed by atoms with Gasteiger partial charge in [0.1, 0.15) is 13.2 Å². The molecule has 10 heteroatoms. The van der Waals surface area contributed by atoms with Crippen LogP contribution in [0.4, 0.5) is 18.0 Å². The van der Waals surface area contributed by atoms with E-state index in [2.05, 4.69) is 0 Å². The first-order valence-electron chi connectivity index (χ1n) is 10.8. The first-order chi connectivity index (χ1) is 16.1. The minimum absolute atomic E-state index is 0.0918. The van der Waals surface area contributed by atoms with Gasteiger partial charge in [-0.3, -0.25) is 9.59 Å². The minimum Gasteiger partial charge on any atom is -0.480 e. The number of aliphatic carboxylic acids is 1. The van der Waals surface area contributed by atoms with Crippen LogP contribution >= 0.6 is 0 Å². The smallest absolute Gasteiger partial charge is 0.407 e. The fraction of sp³-hybridized carbons (Fsp3) is 0.375. The van der Waals surface area contributed by atoms with Crippen LogP contribution in [0.5, 0.6) is 0 Å². The third-order valence-electron chi connectivity index (χ3n) is 5.62. The van der Waals surface area contributed by atoms with Crippen LogP contribution in [0.3, 0.4) is 0 Å². The Labute approximate surface area is 194 Å². The highest BCUT2D eigenvalue weighted by atomic mass is 19.4. The molecule has 1 aliphatic rings.